The maximum atomic E-state index is 13.5. The van der Waals surface area contributed by atoms with E-state index in [2.05, 4.69) is 20.6 Å². The Morgan fingerprint density at radius 1 is 1.33 bits per heavy atom. The van der Waals surface area contributed by atoms with Crippen molar-refractivity contribution < 1.29 is 9.18 Å². The van der Waals surface area contributed by atoms with Gasteiger partial charge in [-0.05, 0) is 24.6 Å². The molecule has 2 rings (SSSR count). The van der Waals surface area contributed by atoms with Gasteiger partial charge in [-0.3, -0.25) is 4.79 Å². The van der Waals surface area contributed by atoms with Crippen LogP contribution in [0, 0.1) is 17.1 Å². The van der Waals surface area contributed by atoms with Gasteiger partial charge in [0, 0.05) is 18.7 Å². The maximum Gasteiger partial charge on any atom is 0.251 e. The van der Waals surface area contributed by atoms with Gasteiger partial charge in [0.15, 0.2) is 5.15 Å². The molecule has 0 saturated heterocycles. The molecule has 0 unspecified atom stereocenters. The Bertz CT molecular complexity index is 794. The summed E-state index contributed by atoms with van der Waals surface area (Å²) in [6.07, 6.45) is 1.98. The number of nitrogens with zero attached hydrogens (tertiary/aromatic N) is 3. The summed E-state index contributed by atoms with van der Waals surface area (Å²) in [7, 11) is 0. The topological polar surface area (TPSA) is 90.7 Å². The summed E-state index contributed by atoms with van der Waals surface area (Å²) < 4.78 is 13.5. The van der Waals surface area contributed by atoms with E-state index < -0.39 is 11.7 Å². The number of nitriles is 1. The average molecular weight is 368 g/mol. The molecule has 2 aromatic rings. The van der Waals surface area contributed by atoms with Gasteiger partial charge in [0.1, 0.15) is 11.9 Å². The minimum atomic E-state index is -0.719. The molecule has 0 atom stereocenters. The SMILES string of the molecule is N#Cc1ccc(C(=O)NCCCNc2ncc(Cl)c(Cl)n2)cc1F. The number of nitrogens with one attached hydrogen (secondary N) is 2. The third-order valence-corrected chi connectivity index (χ3v) is 3.64. The van der Waals surface area contributed by atoms with Gasteiger partial charge in [-0.1, -0.05) is 23.2 Å². The highest BCUT2D eigenvalue weighted by Crippen LogP contribution is 2.18. The monoisotopic (exact) mass is 367 g/mol. The summed E-state index contributed by atoms with van der Waals surface area (Å²) >= 11 is 11.5. The van der Waals surface area contributed by atoms with Crippen molar-refractivity contribution in [1.29, 1.82) is 5.26 Å². The number of amides is 1. The number of benzene rings is 1. The summed E-state index contributed by atoms with van der Waals surface area (Å²) in [5.74, 6) is -0.794. The van der Waals surface area contributed by atoms with Gasteiger partial charge < -0.3 is 10.6 Å². The van der Waals surface area contributed by atoms with E-state index in [0.717, 1.165) is 6.07 Å². The van der Waals surface area contributed by atoms with Crippen LogP contribution < -0.4 is 10.6 Å². The quantitative estimate of drug-likeness (QED) is 0.604. The standard InChI is InChI=1S/C15H12Cl2FN5O/c16-11-8-22-15(23-13(11)17)21-5-1-4-20-14(24)9-2-3-10(7-19)12(18)6-9/h2-3,6,8H,1,4-5H2,(H,20,24)(H,21,22,23). The molecule has 0 aliphatic rings. The van der Waals surface area contributed by atoms with E-state index in [1.54, 1.807) is 6.07 Å². The maximum absolute atomic E-state index is 13.5. The van der Waals surface area contributed by atoms with E-state index in [4.69, 9.17) is 28.5 Å². The van der Waals surface area contributed by atoms with Crippen LogP contribution in [-0.4, -0.2) is 29.0 Å². The van der Waals surface area contributed by atoms with Crippen LogP contribution in [0.5, 0.6) is 0 Å². The molecule has 6 nitrogen and oxygen atoms in total. The zero-order valence-corrected chi connectivity index (χ0v) is 13.8. The number of halogens is 3. The van der Waals surface area contributed by atoms with Gasteiger partial charge in [-0.15, -0.1) is 0 Å². The molecule has 0 spiro atoms. The third-order valence-electron chi connectivity index (χ3n) is 2.98. The number of carbonyl (C=O) groups excluding carboxylic acids is 1. The summed E-state index contributed by atoms with van der Waals surface area (Å²) in [5, 5.41) is 14.7. The number of hydrogen-bond acceptors (Lipinski definition) is 5. The normalized spacial score (nSPS) is 10.1. The lowest BCUT2D eigenvalue weighted by Gasteiger charge is -2.07. The number of anilines is 1. The first kappa shape index (κ1) is 17.9. The Kier molecular flexibility index (Phi) is 6.29. The Hall–Kier alpha value is -2.43. The van der Waals surface area contributed by atoms with Crippen LogP contribution in [0.15, 0.2) is 24.4 Å². The van der Waals surface area contributed by atoms with Crippen LogP contribution in [-0.2, 0) is 0 Å². The summed E-state index contributed by atoms with van der Waals surface area (Å²) in [6.45, 7) is 0.870. The minimum absolute atomic E-state index is 0.0997. The second kappa shape index (κ2) is 8.43. The van der Waals surface area contributed by atoms with Crippen molar-refractivity contribution in [1.82, 2.24) is 15.3 Å². The van der Waals surface area contributed by atoms with Gasteiger partial charge in [-0.2, -0.15) is 10.2 Å². The molecule has 0 bridgehead atoms. The summed E-state index contributed by atoms with van der Waals surface area (Å²) in [5.41, 5.74) is 0.0599. The predicted octanol–water partition coefficient (Wildman–Crippen LogP) is 3.03. The zero-order chi connectivity index (χ0) is 17.5. The molecular weight excluding hydrogens is 356 g/mol. The molecule has 1 aromatic heterocycles. The molecular formula is C15H12Cl2FN5O. The van der Waals surface area contributed by atoms with Gasteiger partial charge in [-0.25, -0.2) is 9.37 Å². The number of rotatable bonds is 6. The van der Waals surface area contributed by atoms with Gasteiger partial charge in [0.2, 0.25) is 5.95 Å². The molecule has 9 heteroatoms. The van der Waals surface area contributed by atoms with Crippen molar-refractivity contribution >= 4 is 35.1 Å². The first-order chi connectivity index (χ1) is 11.5. The molecule has 2 N–H and O–H groups in total. The fourth-order valence-corrected chi connectivity index (χ4v) is 1.99. The Morgan fingerprint density at radius 2 is 2.12 bits per heavy atom. The second-order valence-corrected chi connectivity index (χ2v) is 5.44. The molecule has 24 heavy (non-hydrogen) atoms. The van der Waals surface area contributed by atoms with E-state index in [0.29, 0.717) is 25.5 Å². The van der Waals surface area contributed by atoms with Crippen molar-refractivity contribution in [3.8, 4) is 6.07 Å². The van der Waals surface area contributed by atoms with Crippen molar-refractivity contribution in [2.75, 3.05) is 18.4 Å². The van der Waals surface area contributed by atoms with Crippen molar-refractivity contribution in [3.63, 3.8) is 0 Å². The highest BCUT2D eigenvalue weighted by molar-refractivity contribution is 6.41. The van der Waals surface area contributed by atoms with Gasteiger partial charge in [0.05, 0.1) is 16.8 Å². The fraction of sp³-hybridized carbons (Fsp3) is 0.200. The molecule has 0 fully saturated rings. The first-order valence-corrected chi connectivity index (χ1v) is 7.66. The molecule has 1 heterocycles. The van der Waals surface area contributed by atoms with Gasteiger partial charge >= 0.3 is 0 Å². The largest absolute Gasteiger partial charge is 0.354 e. The van der Waals surface area contributed by atoms with Crippen LogP contribution in [0.1, 0.15) is 22.3 Å². The predicted molar refractivity (Wildman–Crippen MR) is 88.6 cm³/mol. The molecule has 1 aromatic carbocycles. The average Bonchev–Trinajstić information content (AvgIpc) is 2.57. The number of carbonyl (C=O) groups is 1. The Balaban J connectivity index is 1.76. The van der Waals surface area contributed by atoms with E-state index in [-0.39, 0.29) is 21.3 Å². The van der Waals surface area contributed by atoms with Crippen LogP contribution >= 0.6 is 23.2 Å². The molecule has 0 saturated carbocycles. The van der Waals surface area contributed by atoms with Crippen molar-refractivity contribution in [2.24, 2.45) is 0 Å². The molecule has 124 valence electrons. The van der Waals surface area contributed by atoms with E-state index in [1.165, 1.54) is 18.3 Å². The highest BCUT2D eigenvalue weighted by Gasteiger charge is 2.09. The first-order valence-electron chi connectivity index (χ1n) is 6.91. The second-order valence-electron chi connectivity index (χ2n) is 4.68. The van der Waals surface area contributed by atoms with Crippen molar-refractivity contribution in [2.45, 2.75) is 6.42 Å². The van der Waals surface area contributed by atoms with Crippen LogP contribution in [0.25, 0.3) is 0 Å². The number of aromatic nitrogens is 2. The third kappa shape index (κ3) is 4.78. The molecule has 0 aliphatic carbocycles. The minimum Gasteiger partial charge on any atom is -0.354 e. The number of hydrogen-bond donors (Lipinski definition) is 2. The molecule has 0 radical (unpaired) electrons. The smallest absolute Gasteiger partial charge is 0.251 e. The summed E-state index contributed by atoms with van der Waals surface area (Å²) in [6, 6.07) is 5.41. The zero-order valence-electron chi connectivity index (χ0n) is 12.3. The van der Waals surface area contributed by atoms with Crippen LogP contribution in [0.3, 0.4) is 0 Å². The highest BCUT2D eigenvalue weighted by atomic mass is 35.5. The van der Waals surface area contributed by atoms with Crippen LogP contribution in [0.2, 0.25) is 10.2 Å². The van der Waals surface area contributed by atoms with E-state index in [1.807, 2.05) is 0 Å². The van der Waals surface area contributed by atoms with Crippen molar-refractivity contribution in [3.05, 3.63) is 51.5 Å². The van der Waals surface area contributed by atoms with Crippen LogP contribution in [0.4, 0.5) is 10.3 Å². The lowest BCUT2D eigenvalue weighted by molar-refractivity contribution is 0.0953. The molecule has 0 aliphatic heterocycles. The Labute approximate surface area is 147 Å². The fourth-order valence-electron chi connectivity index (χ4n) is 1.77. The lowest BCUT2D eigenvalue weighted by atomic mass is 10.1. The summed E-state index contributed by atoms with van der Waals surface area (Å²) in [4.78, 5) is 19.8. The lowest BCUT2D eigenvalue weighted by Crippen LogP contribution is -2.26. The molecule has 1 amide bonds. The van der Waals surface area contributed by atoms with E-state index in [9.17, 15) is 9.18 Å². The Morgan fingerprint density at radius 3 is 2.79 bits per heavy atom. The van der Waals surface area contributed by atoms with Gasteiger partial charge in [0.25, 0.3) is 5.91 Å². The van der Waals surface area contributed by atoms with E-state index >= 15 is 0 Å².